The molecule has 0 radical (unpaired) electrons. The fourth-order valence-electron chi connectivity index (χ4n) is 1.99. The number of H-pyrrole nitrogens is 4. The van der Waals surface area contributed by atoms with Crippen LogP contribution in [-0.2, 0) is 4.74 Å². The summed E-state index contributed by atoms with van der Waals surface area (Å²) in [6.45, 7) is -1.16. The normalized spacial score (nSPS) is 30.0. The summed E-state index contributed by atoms with van der Waals surface area (Å²) >= 11 is 0. The third-order valence-electron chi connectivity index (χ3n) is 3.33. The smallest absolute Gasteiger partial charge is 0.327 e. The molecule has 0 aliphatic carbocycles. The molecule has 13 nitrogen and oxygen atoms in total. The quantitative estimate of drug-likeness (QED) is 0.240. The van der Waals surface area contributed by atoms with Crippen molar-refractivity contribution in [1.29, 1.82) is 0 Å². The van der Waals surface area contributed by atoms with Gasteiger partial charge in [-0.15, -0.1) is 0 Å². The van der Waals surface area contributed by atoms with Gasteiger partial charge in [0.25, 0.3) is 5.56 Å². The number of hydrogen-bond donors (Lipinski definition) is 9. The van der Waals surface area contributed by atoms with Crippen LogP contribution < -0.4 is 16.9 Å². The SMILES string of the molecule is O=c1[nH]c(=O)c2[nH]c(=O)[nH]c2[nH]1.OC[C@]1(O)OC[C@@H](O)[C@@H](O)[C@@H]1O. The number of aliphatic hydroxyl groups excluding tert-OH is 4. The van der Waals surface area contributed by atoms with Gasteiger partial charge in [-0.3, -0.25) is 24.7 Å². The van der Waals surface area contributed by atoms with Gasteiger partial charge in [-0.1, -0.05) is 0 Å². The van der Waals surface area contributed by atoms with E-state index in [2.05, 4.69) is 19.7 Å². The zero-order chi connectivity index (χ0) is 18.1. The minimum Gasteiger partial charge on any atom is -0.391 e. The van der Waals surface area contributed by atoms with Crippen LogP contribution >= 0.6 is 0 Å². The second-order valence-corrected chi connectivity index (χ2v) is 5.05. The zero-order valence-corrected chi connectivity index (χ0v) is 12.0. The van der Waals surface area contributed by atoms with Gasteiger partial charge < -0.3 is 30.3 Å². The lowest BCUT2D eigenvalue weighted by Gasteiger charge is -2.40. The monoisotopic (exact) mass is 348 g/mol. The van der Waals surface area contributed by atoms with Crippen LogP contribution in [0.25, 0.3) is 11.2 Å². The number of rotatable bonds is 1. The lowest BCUT2D eigenvalue weighted by Crippen LogP contribution is -2.62. The van der Waals surface area contributed by atoms with Crippen molar-refractivity contribution < 1.29 is 30.3 Å². The van der Waals surface area contributed by atoms with Gasteiger partial charge in [0, 0.05) is 0 Å². The van der Waals surface area contributed by atoms with E-state index in [1.165, 1.54) is 0 Å². The van der Waals surface area contributed by atoms with Crippen molar-refractivity contribution in [2.24, 2.45) is 0 Å². The summed E-state index contributed by atoms with van der Waals surface area (Å²) in [5.41, 5.74) is -1.65. The molecule has 0 unspecified atom stereocenters. The zero-order valence-electron chi connectivity index (χ0n) is 12.0. The fraction of sp³-hybridized carbons (Fsp3) is 0.545. The Morgan fingerprint density at radius 1 is 1.04 bits per heavy atom. The molecule has 1 fully saturated rings. The number of fused-ring (bicyclic) bond motifs is 1. The highest BCUT2D eigenvalue weighted by Crippen LogP contribution is 2.22. The standard InChI is InChI=1S/C6H12O6.C5H4N4O3/c7-2-6(11)5(10)4(9)3(8)1-12-6;10-3-1-2(7-4(11)6-1)8-5(12)9-3/h3-5,7-11H,1-2H2;(H4,6,7,8,9,10,11,12)/t3-,4-,5+,6+;/m1./s1. The highest BCUT2D eigenvalue weighted by molar-refractivity contribution is 5.67. The largest absolute Gasteiger partial charge is 0.391 e. The first-order chi connectivity index (χ1) is 11.2. The first-order valence-corrected chi connectivity index (χ1v) is 6.64. The Hall–Kier alpha value is -2.29. The van der Waals surface area contributed by atoms with E-state index in [0.29, 0.717) is 0 Å². The Morgan fingerprint density at radius 3 is 2.21 bits per heavy atom. The van der Waals surface area contributed by atoms with Gasteiger partial charge in [-0.05, 0) is 0 Å². The highest BCUT2D eigenvalue weighted by atomic mass is 16.7. The van der Waals surface area contributed by atoms with Crippen molar-refractivity contribution in [3.8, 4) is 0 Å². The molecule has 2 aromatic rings. The molecule has 134 valence electrons. The molecule has 0 bridgehead atoms. The third kappa shape index (κ3) is 3.45. The van der Waals surface area contributed by atoms with Gasteiger partial charge >= 0.3 is 11.4 Å². The highest BCUT2D eigenvalue weighted by Gasteiger charge is 2.47. The first-order valence-electron chi connectivity index (χ1n) is 6.64. The van der Waals surface area contributed by atoms with Crippen LogP contribution in [0.5, 0.6) is 0 Å². The molecule has 0 spiro atoms. The molecule has 0 saturated carbocycles. The fourth-order valence-corrected chi connectivity index (χ4v) is 1.99. The second kappa shape index (κ2) is 6.68. The summed E-state index contributed by atoms with van der Waals surface area (Å²) in [6, 6.07) is 0. The molecular weight excluding hydrogens is 332 g/mol. The van der Waals surface area contributed by atoms with Crippen molar-refractivity contribution in [2.45, 2.75) is 24.1 Å². The molecule has 1 aliphatic rings. The van der Waals surface area contributed by atoms with Crippen molar-refractivity contribution in [1.82, 2.24) is 19.9 Å². The van der Waals surface area contributed by atoms with E-state index < -0.39 is 47.6 Å². The predicted octanol–water partition coefficient (Wildman–Crippen LogP) is -4.99. The van der Waals surface area contributed by atoms with Crippen LogP contribution in [0, 0.1) is 0 Å². The number of ether oxygens (including phenoxy) is 1. The van der Waals surface area contributed by atoms with Gasteiger partial charge in [0.1, 0.15) is 29.5 Å². The molecule has 0 aromatic carbocycles. The first kappa shape index (κ1) is 18.1. The van der Waals surface area contributed by atoms with Gasteiger partial charge in [-0.2, -0.15) is 0 Å². The van der Waals surface area contributed by atoms with E-state index >= 15 is 0 Å². The Balaban J connectivity index is 0.000000174. The van der Waals surface area contributed by atoms with Crippen LogP contribution in [0.4, 0.5) is 0 Å². The summed E-state index contributed by atoms with van der Waals surface area (Å²) in [5, 5.41) is 45.0. The van der Waals surface area contributed by atoms with E-state index in [0.717, 1.165) is 0 Å². The molecule has 3 heterocycles. The summed E-state index contributed by atoms with van der Waals surface area (Å²) in [5.74, 6) is -2.17. The maximum atomic E-state index is 10.9. The Bertz CT molecular complexity index is 866. The minimum atomic E-state index is -2.17. The summed E-state index contributed by atoms with van der Waals surface area (Å²) < 4.78 is 4.56. The topological polar surface area (TPSA) is 225 Å². The van der Waals surface area contributed by atoms with Gasteiger partial charge in [0.2, 0.25) is 5.79 Å². The maximum absolute atomic E-state index is 10.9. The summed E-state index contributed by atoms with van der Waals surface area (Å²) in [4.78, 5) is 41.0. The van der Waals surface area contributed by atoms with Gasteiger partial charge in [-0.25, -0.2) is 9.59 Å². The van der Waals surface area contributed by atoms with Crippen molar-refractivity contribution in [3.05, 3.63) is 31.3 Å². The summed E-state index contributed by atoms with van der Waals surface area (Å²) in [7, 11) is 0. The molecule has 4 atom stereocenters. The Kier molecular flexibility index (Phi) is 5.02. The molecule has 13 heteroatoms. The van der Waals surface area contributed by atoms with Crippen molar-refractivity contribution in [3.63, 3.8) is 0 Å². The van der Waals surface area contributed by atoms with Gasteiger partial charge in [0.05, 0.1) is 13.2 Å². The average molecular weight is 348 g/mol. The molecule has 1 aliphatic heterocycles. The van der Waals surface area contributed by atoms with Crippen LogP contribution in [0.3, 0.4) is 0 Å². The Morgan fingerprint density at radius 2 is 1.62 bits per heavy atom. The van der Waals surface area contributed by atoms with Crippen molar-refractivity contribution >= 4 is 11.2 Å². The van der Waals surface area contributed by atoms with E-state index in [9.17, 15) is 19.5 Å². The number of nitrogens with one attached hydrogen (secondary N) is 4. The van der Waals surface area contributed by atoms with Crippen LogP contribution in [0.15, 0.2) is 14.4 Å². The number of aromatic nitrogens is 4. The second-order valence-electron chi connectivity index (χ2n) is 5.05. The van der Waals surface area contributed by atoms with E-state index in [-0.39, 0.29) is 17.8 Å². The molecule has 0 amide bonds. The Labute approximate surface area is 131 Å². The van der Waals surface area contributed by atoms with Crippen LogP contribution in [0.2, 0.25) is 0 Å². The van der Waals surface area contributed by atoms with Crippen LogP contribution in [-0.4, -0.2) is 82.8 Å². The molecule has 1 saturated heterocycles. The van der Waals surface area contributed by atoms with Crippen LogP contribution in [0.1, 0.15) is 0 Å². The van der Waals surface area contributed by atoms with E-state index in [4.69, 9.17) is 20.4 Å². The summed E-state index contributed by atoms with van der Waals surface area (Å²) in [6.07, 6.45) is -4.45. The van der Waals surface area contributed by atoms with Gasteiger partial charge in [0.15, 0.2) is 0 Å². The third-order valence-corrected chi connectivity index (χ3v) is 3.33. The lowest BCUT2D eigenvalue weighted by molar-refractivity contribution is -0.331. The van der Waals surface area contributed by atoms with E-state index in [1.54, 1.807) is 0 Å². The molecular formula is C11H16N4O9. The van der Waals surface area contributed by atoms with E-state index in [1.807, 2.05) is 4.98 Å². The van der Waals surface area contributed by atoms with Crippen molar-refractivity contribution in [2.75, 3.05) is 13.2 Å². The lowest BCUT2D eigenvalue weighted by atomic mass is 9.98. The maximum Gasteiger partial charge on any atom is 0.327 e. The molecule has 9 N–H and O–H groups in total. The predicted molar refractivity (Wildman–Crippen MR) is 76.2 cm³/mol. The molecule has 3 rings (SSSR count). The molecule has 24 heavy (non-hydrogen) atoms. The minimum absolute atomic E-state index is 0.0413. The number of imidazole rings is 1. The number of aliphatic hydroxyl groups is 5. The molecule has 2 aromatic heterocycles. The average Bonchev–Trinajstić information content (AvgIpc) is 2.90. The number of aromatic amines is 4. The number of hydrogen-bond acceptors (Lipinski definition) is 9.